The Hall–Kier alpha value is -0.980. The molecule has 0 atom stereocenters. The standard InChI is InChI=1S/C14H22N/c1-3-5-12-15(13-6-4-2)14-10-8-7-9-11-14/h7-10H,3-6,12-13H2,1-2H3. The van der Waals surface area contributed by atoms with E-state index in [2.05, 4.69) is 36.9 Å². The van der Waals surface area contributed by atoms with Crippen LogP contribution in [0.4, 0.5) is 5.69 Å². The van der Waals surface area contributed by atoms with Gasteiger partial charge in [-0.15, -0.1) is 0 Å². The number of hydrogen-bond donors (Lipinski definition) is 0. The van der Waals surface area contributed by atoms with Crippen LogP contribution in [0.5, 0.6) is 0 Å². The van der Waals surface area contributed by atoms with E-state index >= 15 is 0 Å². The third-order valence-electron chi connectivity index (χ3n) is 2.60. The Balaban J connectivity index is 2.55. The topological polar surface area (TPSA) is 3.24 Å². The van der Waals surface area contributed by atoms with Gasteiger partial charge in [0.05, 0.1) is 0 Å². The zero-order chi connectivity index (χ0) is 10.9. The summed E-state index contributed by atoms with van der Waals surface area (Å²) in [7, 11) is 0. The highest BCUT2D eigenvalue weighted by molar-refractivity contribution is 5.44. The first-order chi connectivity index (χ1) is 7.38. The molecular formula is C14H22N. The van der Waals surface area contributed by atoms with Crippen molar-refractivity contribution in [1.29, 1.82) is 0 Å². The second kappa shape index (κ2) is 7.33. The van der Waals surface area contributed by atoms with Crippen molar-refractivity contribution in [3.8, 4) is 0 Å². The first-order valence-electron chi connectivity index (χ1n) is 6.10. The highest BCUT2D eigenvalue weighted by atomic mass is 15.1. The summed E-state index contributed by atoms with van der Waals surface area (Å²) in [5.74, 6) is 0. The molecule has 1 aromatic rings. The van der Waals surface area contributed by atoms with Gasteiger partial charge in [-0.3, -0.25) is 0 Å². The van der Waals surface area contributed by atoms with Crippen molar-refractivity contribution in [3.63, 3.8) is 0 Å². The van der Waals surface area contributed by atoms with E-state index in [1.807, 2.05) is 12.1 Å². The summed E-state index contributed by atoms with van der Waals surface area (Å²) in [4.78, 5) is 2.45. The molecule has 1 radical (unpaired) electrons. The molecular weight excluding hydrogens is 182 g/mol. The van der Waals surface area contributed by atoms with Crippen molar-refractivity contribution in [2.75, 3.05) is 18.0 Å². The zero-order valence-electron chi connectivity index (χ0n) is 10.00. The van der Waals surface area contributed by atoms with E-state index in [0.717, 1.165) is 13.1 Å². The molecule has 0 aliphatic rings. The monoisotopic (exact) mass is 204 g/mol. The van der Waals surface area contributed by atoms with E-state index in [0.29, 0.717) is 0 Å². The third kappa shape index (κ3) is 4.37. The number of rotatable bonds is 7. The molecule has 0 saturated heterocycles. The predicted octanol–water partition coefficient (Wildman–Crippen LogP) is 3.89. The molecule has 1 aromatic carbocycles. The van der Waals surface area contributed by atoms with Gasteiger partial charge in [-0.05, 0) is 18.9 Å². The molecule has 83 valence electrons. The van der Waals surface area contributed by atoms with Crippen LogP contribution in [0.1, 0.15) is 39.5 Å². The highest BCUT2D eigenvalue weighted by Gasteiger charge is 2.04. The molecule has 0 spiro atoms. The molecule has 0 N–H and O–H groups in total. The van der Waals surface area contributed by atoms with E-state index in [9.17, 15) is 0 Å². The van der Waals surface area contributed by atoms with Crippen molar-refractivity contribution < 1.29 is 0 Å². The average molecular weight is 204 g/mol. The van der Waals surface area contributed by atoms with Gasteiger partial charge in [-0.25, -0.2) is 0 Å². The quantitative estimate of drug-likeness (QED) is 0.651. The molecule has 15 heavy (non-hydrogen) atoms. The SMILES string of the molecule is CCCCN(CCCC)c1[c]cccc1. The van der Waals surface area contributed by atoms with Crippen molar-refractivity contribution in [3.05, 3.63) is 30.3 Å². The van der Waals surface area contributed by atoms with E-state index < -0.39 is 0 Å². The number of nitrogens with zero attached hydrogens (tertiary/aromatic N) is 1. The first kappa shape index (κ1) is 12.1. The zero-order valence-corrected chi connectivity index (χ0v) is 10.00. The Kier molecular flexibility index (Phi) is 5.91. The Bertz CT molecular complexity index is 235. The number of hydrogen-bond acceptors (Lipinski definition) is 1. The molecule has 0 fully saturated rings. The van der Waals surface area contributed by atoms with Crippen LogP contribution >= 0.6 is 0 Å². The summed E-state index contributed by atoms with van der Waals surface area (Å²) in [5, 5.41) is 0. The van der Waals surface area contributed by atoms with Crippen molar-refractivity contribution in [1.82, 2.24) is 0 Å². The number of unbranched alkanes of at least 4 members (excludes halogenated alkanes) is 2. The van der Waals surface area contributed by atoms with Crippen LogP contribution in [0.3, 0.4) is 0 Å². The second-order valence-corrected chi connectivity index (χ2v) is 3.94. The van der Waals surface area contributed by atoms with Crippen LogP contribution in [-0.4, -0.2) is 13.1 Å². The highest BCUT2D eigenvalue weighted by Crippen LogP contribution is 2.14. The molecule has 0 aromatic heterocycles. The minimum atomic E-state index is 1.16. The van der Waals surface area contributed by atoms with Crippen LogP contribution in [0.2, 0.25) is 0 Å². The van der Waals surface area contributed by atoms with Crippen LogP contribution in [0.25, 0.3) is 0 Å². The number of benzene rings is 1. The predicted molar refractivity (Wildman–Crippen MR) is 67.3 cm³/mol. The van der Waals surface area contributed by atoms with Gasteiger partial charge in [0.1, 0.15) is 0 Å². The van der Waals surface area contributed by atoms with Crippen LogP contribution in [0.15, 0.2) is 24.3 Å². The summed E-state index contributed by atoms with van der Waals surface area (Å²) < 4.78 is 0. The van der Waals surface area contributed by atoms with Crippen LogP contribution < -0.4 is 4.90 Å². The molecule has 0 heterocycles. The molecule has 1 nitrogen and oxygen atoms in total. The van der Waals surface area contributed by atoms with Crippen molar-refractivity contribution in [2.24, 2.45) is 0 Å². The second-order valence-electron chi connectivity index (χ2n) is 3.94. The third-order valence-corrected chi connectivity index (χ3v) is 2.60. The van der Waals surface area contributed by atoms with Gasteiger partial charge in [-0.1, -0.05) is 44.9 Å². The number of para-hydroxylation sites is 1. The van der Waals surface area contributed by atoms with Crippen molar-refractivity contribution in [2.45, 2.75) is 39.5 Å². The maximum Gasteiger partial charge on any atom is 0.0446 e. The van der Waals surface area contributed by atoms with E-state index in [1.54, 1.807) is 0 Å². The lowest BCUT2D eigenvalue weighted by atomic mass is 10.2. The maximum atomic E-state index is 3.31. The molecule has 0 aliphatic heterocycles. The fourth-order valence-electron chi connectivity index (χ4n) is 1.63. The lowest BCUT2D eigenvalue weighted by Crippen LogP contribution is -2.25. The molecule has 1 heteroatoms. The Labute approximate surface area is 94.1 Å². The van der Waals surface area contributed by atoms with E-state index in [4.69, 9.17) is 0 Å². The number of anilines is 1. The van der Waals surface area contributed by atoms with E-state index in [-0.39, 0.29) is 0 Å². The largest absolute Gasteiger partial charge is 0.371 e. The summed E-state index contributed by atoms with van der Waals surface area (Å²) in [6.45, 7) is 6.81. The molecule has 0 bridgehead atoms. The Morgan fingerprint density at radius 3 is 2.20 bits per heavy atom. The van der Waals surface area contributed by atoms with Gasteiger partial charge >= 0.3 is 0 Å². The minimum Gasteiger partial charge on any atom is -0.371 e. The fourth-order valence-corrected chi connectivity index (χ4v) is 1.63. The van der Waals surface area contributed by atoms with Gasteiger partial charge in [0.2, 0.25) is 0 Å². The van der Waals surface area contributed by atoms with Gasteiger partial charge in [0.15, 0.2) is 0 Å². The van der Waals surface area contributed by atoms with Gasteiger partial charge in [0, 0.05) is 24.8 Å². The smallest absolute Gasteiger partial charge is 0.0446 e. The van der Waals surface area contributed by atoms with Gasteiger partial charge in [0.25, 0.3) is 0 Å². The van der Waals surface area contributed by atoms with Crippen LogP contribution in [0, 0.1) is 6.07 Å². The Morgan fingerprint density at radius 1 is 1.07 bits per heavy atom. The molecule has 1 rings (SSSR count). The summed E-state index contributed by atoms with van der Waals surface area (Å²) in [6, 6.07) is 11.6. The van der Waals surface area contributed by atoms with E-state index in [1.165, 1.54) is 31.4 Å². The lowest BCUT2D eigenvalue weighted by molar-refractivity contribution is 0.678. The maximum absolute atomic E-state index is 3.31. The van der Waals surface area contributed by atoms with Gasteiger partial charge in [-0.2, -0.15) is 0 Å². The molecule has 0 amide bonds. The first-order valence-corrected chi connectivity index (χ1v) is 6.10. The summed E-state index contributed by atoms with van der Waals surface area (Å²) in [5.41, 5.74) is 1.25. The minimum absolute atomic E-state index is 1.16. The average Bonchev–Trinajstić information content (AvgIpc) is 2.30. The molecule has 0 aliphatic carbocycles. The molecule has 0 saturated carbocycles. The summed E-state index contributed by atoms with van der Waals surface area (Å²) >= 11 is 0. The molecule has 0 unspecified atom stereocenters. The van der Waals surface area contributed by atoms with Gasteiger partial charge < -0.3 is 4.90 Å². The Morgan fingerprint density at radius 2 is 1.73 bits per heavy atom. The van der Waals surface area contributed by atoms with Crippen molar-refractivity contribution >= 4 is 5.69 Å². The lowest BCUT2D eigenvalue weighted by Gasteiger charge is -2.24. The normalized spacial score (nSPS) is 10.3. The fraction of sp³-hybridized carbons (Fsp3) is 0.571. The van der Waals surface area contributed by atoms with Crippen LogP contribution in [-0.2, 0) is 0 Å². The summed E-state index contributed by atoms with van der Waals surface area (Å²) in [6.07, 6.45) is 5.06.